The summed E-state index contributed by atoms with van der Waals surface area (Å²) >= 11 is 0. The van der Waals surface area contributed by atoms with Crippen LogP contribution in [0.4, 0.5) is 11.4 Å². The molecular formula is C33H25NO. The summed E-state index contributed by atoms with van der Waals surface area (Å²) in [6, 6.07) is 38.6. The zero-order valence-corrected chi connectivity index (χ0v) is 19.5. The standard InChI is InChI=1S/C33H25NO/c1-33-29-14-8-5-11-23(29)15-19-30(33)28-17-16-24(21-32(28)35-33)34-31-20-18-25(22-9-3-2-4-10-22)26-12-6-7-13-27(26)31/h2-21,30,34H,1H3. The molecule has 0 saturated carbocycles. The lowest BCUT2D eigenvalue weighted by Crippen LogP contribution is -2.33. The molecule has 2 aliphatic rings. The number of hydrogen-bond acceptors (Lipinski definition) is 2. The third-order valence-corrected chi connectivity index (χ3v) is 7.52. The number of nitrogens with one attached hydrogen (secondary N) is 1. The largest absolute Gasteiger partial charge is 0.481 e. The molecular weight excluding hydrogens is 426 g/mol. The highest BCUT2D eigenvalue weighted by Crippen LogP contribution is 2.54. The highest BCUT2D eigenvalue weighted by molar-refractivity contribution is 6.04. The van der Waals surface area contributed by atoms with E-state index < -0.39 is 0 Å². The first kappa shape index (κ1) is 20.1. The van der Waals surface area contributed by atoms with Crippen LogP contribution in [0.3, 0.4) is 0 Å². The second kappa shape index (κ2) is 7.61. The maximum atomic E-state index is 6.68. The molecule has 0 radical (unpaired) electrons. The van der Waals surface area contributed by atoms with Crippen LogP contribution < -0.4 is 10.1 Å². The number of anilines is 2. The molecule has 7 rings (SSSR count). The average molecular weight is 452 g/mol. The van der Waals surface area contributed by atoms with Gasteiger partial charge in [0.2, 0.25) is 0 Å². The summed E-state index contributed by atoms with van der Waals surface area (Å²) in [6.07, 6.45) is 4.52. The Morgan fingerprint density at radius 2 is 1.51 bits per heavy atom. The molecule has 0 amide bonds. The van der Waals surface area contributed by atoms with Crippen molar-refractivity contribution in [3.05, 3.63) is 132 Å². The average Bonchev–Trinajstić information content (AvgIpc) is 3.21. The maximum Gasteiger partial charge on any atom is 0.142 e. The topological polar surface area (TPSA) is 21.3 Å². The van der Waals surface area contributed by atoms with E-state index in [9.17, 15) is 0 Å². The van der Waals surface area contributed by atoms with E-state index in [1.807, 2.05) is 0 Å². The molecule has 0 aromatic heterocycles. The number of rotatable bonds is 3. The minimum atomic E-state index is -0.379. The van der Waals surface area contributed by atoms with Crippen molar-refractivity contribution in [2.24, 2.45) is 0 Å². The first-order valence-corrected chi connectivity index (χ1v) is 12.2. The first-order chi connectivity index (χ1) is 17.2. The van der Waals surface area contributed by atoms with Crippen LogP contribution in [-0.4, -0.2) is 0 Å². The number of hydrogen-bond donors (Lipinski definition) is 1. The van der Waals surface area contributed by atoms with Crippen molar-refractivity contribution in [1.82, 2.24) is 0 Å². The van der Waals surface area contributed by atoms with Crippen LogP contribution >= 0.6 is 0 Å². The summed E-state index contributed by atoms with van der Waals surface area (Å²) in [5, 5.41) is 6.11. The second-order valence-corrected chi connectivity index (χ2v) is 9.58. The third kappa shape index (κ3) is 3.10. The van der Waals surface area contributed by atoms with Crippen molar-refractivity contribution in [3.63, 3.8) is 0 Å². The zero-order chi connectivity index (χ0) is 23.4. The normalized spacial score (nSPS) is 19.5. The van der Waals surface area contributed by atoms with Gasteiger partial charge in [0.1, 0.15) is 11.4 Å². The molecule has 5 aromatic rings. The Morgan fingerprint density at radius 1 is 0.743 bits per heavy atom. The Hall–Kier alpha value is -4.30. The minimum Gasteiger partial charge on any atom is -0.481 e. The molecule has 0 saturated heterocycles. The highest BCUT2D eigenvalue weighted by atomic mass is 16.5. The molecule has 0 fully saturated rings. The molecule has 1 heterocycles. The van der Waals surface area contributed by atoms with Crippen molar-refractivity contribution in [3.8, 4) is 16.9 Å². The van der Waals surface area contributed by atoms with Crippen molar-refractivity contribution >= 4 is 28.2 Å². The molecule has 2 unspecified atom stereocenters. The molecule has 35 heavy (non-hydrogen) atoms. The first-order valence-electron chi connectivity index (χ1n) is 12.2. The van der Waals surface area contributed by atoms with E-state index in [-0.39, 0.29) is 11.5 Å². The molecule has 1 aliphatic heterocycles. The third-order valence-electron chi connectivity index (χ3n) is 7.52. The lowest BCUT2D eigenvalue weighted by Gasteiger charge is -2.34. The van der Waals surface area contributed by atoms with E-state index in [0.29, 0.717) is 0 Å². The van der Waals surface area contributed by atoms with E-state index in [0.717, 1.165) is 17.1 Å². The molecule has 1 aliphatic carbocycles. The summed E-state index contributed by atoms with van der Waals surface area (Å²) in [7, 11) is 0. The quantitative estimate of drug-likeness (QED) is 0.296. The Bertz CT molecular complexity index is 1620. The van der Waals surface area contributed by atoms with Crippen LogP contribution in [0.15, 0.2) is 115 Å². The van der Waals surface area contributed by atoms with Gasteiger partial charge in [0, 0.05) is 39.9 Å². The zero-order valence-electron chi connectivity index (χ0n) is 19.5. The van der Waals surface area contributed by atoms with Crippen LogP contribution in [0, 0.1) is 0 Å². The Labute approximate surface area is 205 Å². The molecule has 2 nitrogen and oxygen atoms in total. The van der Waals surface area contributed by atoms with E-state index >= 15 is 0 Å². The van der Waals surface area contributed by atoms with Crippen molar-refractivity contribution < 1.29 is 4.74 Å². The monoisotopic (exact) mass is 451 g/mol. The summed E-state index contributed by atoms with van der Waals surface area (Å²) in [4.78, 5) is 0. The van der Waals surface area contributed by atoms with E-state index in [2.05, 4.69) is 134 Å². The van der Waals surface area contributed by atoms with Gasteiger partial charge in [-0.3, -0.25) is 0 Å². The Morgan fingerprint density at radius 3 is 2.40 bits per heavy atom. The molecule has 2 heteroatoms. The molecule has 168 valence electrons. The lowest BCUT2D eigenvalue weighted by molar-refractivity contribution is 0.0997. The van der Waals surface area contributed by atoms with Gasteiger partial charge < -0.3 is 10.1 Å². The van der Waals surface area contributed by atoms with Gasteiger partial charge in [0.05, 0.1) is 0 Å². The maximum absolute atomic E-state index is 6.68. The van der Waals surface area contributed by atoms with Crippen LogP contribution in [0.25, 0.3) is 28.0 Å². The summed E-state index contributed by atoms with van der Waals surface area (Å²) in [5.74, 6) is 1.17. The van der Waals surface area contributed by atoms with Gasteiger partial charge in [-0.25, -0.2) is 0 Å². The molecule has 5 aromatic carbocycles. The highest BCUT2D eigenvalue weighted by Gasteiger charge is 2.47. The van der Waals surface area contributed by atoms with Gasteiger partial charge in [-0.1, -0.05) is 103 Å². The van der Waals surface area contributed by atoms with E-state index in [1.165, 1.54) is 38.6 Å². The van der Waals surface area contributed by atoms with Crippen molar-refractivity contribution in [2.75, 3.05) is 5.32 Å². The summed E-state index contributed by atoms with van der Waals surface area (Å²) < 4.78 is 6.68. The van der Waals surface area contributed by atoms with Crippen molar-refractivity contribution in [2.45, 2.75) is 18.4 Å². The predicted molar refractivity (Wildman–Crippen MR) is 145 cm³/mol. The van der Waals surface area contributed by atoms with E-state index in [4.69, 9.17) is 4.74 Å². The fraction of sp³-hybridized carbons (Fsp3) is 0.0909. The van der Waals surface area contributed by atoms with E-state index in [1.54, 1.807) is 0 Å². The van der Waals surface area contributed by atoms with Crippen LogP contribution in [0.2, 0.25) is 0 Å². The fourth-order valence-corrected chi connectivity index (χ4v) is 5.78. The van der Waals surface area contributed by atoms with Gasteiger partial charge in [-0.15, -0.1) is 0 Å². The summed E-state index contributed by atoms with van der Waals surface area (Å²) in [6.45, 7) is 2.21. The van der Waals surface area contributed by atoms with Crippen molar-refractivity contribution in [1.29, 1.82) is 0 Å². The molecule has 2 atom stereocenters. The van der Waals surface area contributed by atoms with Crippen LogP contribution in [0.1, 0.15) is 29.5 Å². The van der Waals surface area contributed by atoms with Gasteiger partial charge in [-0.2, -0.15) is 0 Å². The lowest BCUT2D eigenvalue weighted by atomic mass is 9.75. The van der Waals surface area contributed by atoms with Gasteiger partial charge in [0.15, 0.2) is 0 Å². The molecule has 1 N–H and O–H groups in total. The predicted octanol–water partition coefficient (Wildman–Crippen LogP) is 8.67. The number of benzene rings is 5. The second-order valence-electron chi connectivity index (χ2n) is 9.58. The minimum absolute atomic E-state index is 0.215. The number of ether oxygens (including phenoxy) is 1. The summed E-state index contributed by atoms with van der Waals surface area (Å²) in [5.41, 5.74) is 7.94. The van der Waals surface area contributed by atoms with Gasteiger partial charge >= 0.3 is 0 Å². The smallest absolute Gasteiger partial charge is 0.142 e. The van der Waals surface area contributed by atoms with Gasteiger partial charge in [0.25, 0.3) is 0 Å². The van der Waals surface area contributed by atoms with Crippen LogP contribution in [0.5, 0.6) is 5.75 Å². The molecule has 0 bridgehead atoms. The Balaban J connectivity index is 1.26. The fourth-order valence-electron chi connectivity index (χ4n) is 5.78. The Kier molecular flexibility index (Phi) is 4.37. The number of fused-ring (bicyclic) bond motifs is 6. The van der Waals surface area contributed by atoms with Gasteiger partial charge in [-0.05, 0) is 41.1 Å². The molecule has 0 spiro atoms. The van der Waals surface area contributed by atoms with Crippen LogP contribution in [-0.2, 0) is 5.60 Å². The SMILES string of the molecule is CC12Oc3cc(Nc4ccc(-c5ccccc5)c5ccccc45)ccc3C1C=Cc1ccccc12.